The second kappa shape index (κ2) is 8.50. The van der Waals surface area contributed by atoms with Crippen molar-refractivity contribution in [3.63, 3.8) is 0 Å². The zero-order valence-corrected chi connectivity index (χ0v) is 6.51. The molecular weight excluding hydrogens is 152 g/mol. The van der Waals surface area contributed by atoms with E-state index in [9.17, 15) is 4.79 Å². The third-order valence-corrected chi connectivity index (χ3v) is 1.22. The molecule has 0 saturated heterocycles. The highest BCUT2D eigenvalue weighted by molar-refractivity contribution is 6.25. The predicted octanol–water partition coefficient (Wildman–Crippen LogP) is 2.08. The maximum atomic E-state index is 9.64. The summed E-state index contributed by atoms with van der Waals surface area (Å²) in [6.45, 7) is 0.983. The van der Waals surface area contributed by atoms with Crippen molar-refractivity contribution in [3.8, 4) is 0 Å². The molecule has 0 saturated carbocycles. The summed E-state index contributed by atoms with van der Waals surface area (Å²) in [4.78, 5) is 9.64. The van der Waals surface area contributed by atoms with E-state index < -0.39 is 0 Å². The molecule has 0 amide bonds. The molecular formula is C7H11ClO2. The molecule has 0 aromatic heterocycles. The zero-order valence-electron chi connectivity index (χ0n) is 5.75. The van der Waals surface area contributed by atoms with Crippen molar-refractivity contribution in [3.05, 3.63) is 11.6 Å². The fraction of sp³-hybridized carbons (Fsp3) is 0.571. The molecule has 2 nitrogen and oxygen atoms in total. The Balaban J connectivity index is 2.83. The topological polar surface area (TPSA) is 26.3 Å². The van der Waals surface area contributed by atoms with Crippen molar-refractivity contribution in [1.82, 2.24) is 0 Å². The molecule has 0 aromatic carbocycles. The molecule has 0 aromatic rings. The Morgan fingerprint density at radius 2 is 2.20 bits per heavy atom. The number of carbonyl (C=O) groups is 1. The summed E-state index contributed by atoms with van der Waals surface area (Å²) in [6, 6.07) is 0. The lowest BCUT2D eigenvalue weighted by atomic mass is 10.2. The second-order valence-electron chi connectivity index (χ2n) is 1.82. The average molecular weight is 163 g/mol. The van der Waals surface area contributed by atoms with Crippen LogP contribution in [-0.4, -0.2) is 13.1 Å². The number of ether oxygens (including phenoxy) is 1. The van der Waals surface area contributed by atoms with Gasteiger partial charge in [-0.05, 0) is 19.3 Å². The molecule has 0 aliphatic carbocycles. The maximum Gasteiger partial charge on any atom is 0.293 e. The molecule has 0 unspecified atom stereocenters. The zero-order chi connectivity index (χ0) is 7.66. The number of unbranched alkanes of at least 4 members (excludes halogenated alkanes) is 2. The molecule has 0 heterocycles. The first-order valence-corrected chi connectivity index (χ1v) is 3.66. The average Bonchev–Trinajstić information content (AvgIpc) is 1.97. The van der Waals surface area contributed by atoms with Gasteiger partial charge in [0.05, 0.1) is 6.61 Å². The first kappa shape index (κ1) is 9.50. The molecule has 10 heavy (non-hydrogen) atoms. The number of allylic oxidation sites excluding steroid dienone is 1. The lowest BCUT2D eigenvalue weighted by Crippen LogP contribution is -1.90. The van der Waals surface area contributed by atoms with Crippen LogP contribution in [0.4, 0.5) is 0 Å². The highest BCUT2D eigenvalue weighted by Crippen LogP contribution is 1.96. The number of halogens is 1. The van der Waals surface area contributed by atoms with Crippen LogP contribution in [-0.2, 0) is 9.53 Å². The van der Waals surface area contributed by atoms with Crippen LogP contribution in [0.25, 0.3) is 0 Å². The highest BCUT2D eigenvalue weighted by Gasteiger charge is 1.84. The molecule has 0 N–H and O–H groups in total. The lowest BCUT2D eigenvalue weighted by molar-refractivity contribution is -0.128. The van der Waals surface area contributed by atoms with Gasteiger partial charge in [-0.1, -0.05) is 17.7 Å². The van der Waals surface area contributed by atoms with Crippen LogP contribution in [0.3, 0.4) is 0 Å². The molecule has 0 bridgehead atoms. The van der Waals surface area contributed by atoms with Crippen LogP contribution in [0.1, 0.15) is 19.3 Å². The van der Waals surface area contributed by atoms with Gasteiger partial charge in [0.25, 0.3) is 6.47 Å². The summed E-state index contributed by atoms with van der Waals surface area (Å²) >= 11 is 5.27. The van der Waals surface area contributed by atoms with Gasteiger partial charge in [-0.2, -0.15) is 0 Å². The van der Waals surface area contributed by atoms with Gasteiger partial charge in [0.1, 0.15) is 0 Å². The van der Waals surface area contributed by atoms with E-state index in [1.165, 1.54) is 5.54 Å². The number of hydrogen-bond donors (Lipinski definition) is 0. The lowest BCUT2D eigenvalue weighted by Gasteiger charge is -1.94. The van der Waals surface area contributed by atoms with Gasteiger partial charge in [0.2, 0.25) is 0 Å². The van der Waals surface area contributed by atoms with Gasteiger partial charge in [0, 0.05) is 5.54 Å². The minimum atomic E-state index is 0.470. The SMILES string of the molecule is O=COCCCC/C=C/Cl. The first-order valence-electron chi connectivity index (χ1n) is 3.22. The largest absolute Gasteiger partial charge is 0.468 e. The summed E-state index contributed by atoms with van der Waals surface area (Å²) in [6.07, 6.45) is 4.74. The van der Waals surface area contributed by atoms with Crippen LogP contribution >= 0.6 is 11.6 Å². The summed E-state index contributed by atoms with van der Waals surface area (Å²) in [5.74, 6) is 0. The first-order chi connectivity index (χ1) is 4.91. The van der Waals surface area contributed by atoms with Gasteiger partial charge in [0.15, 0.2) is 0 Å². The van der Waals surface area contributed by atoms with Crippen molar-refractivity contribution in [2.45, 2.75) is 19.3 Å². The molecule has 0 aliphatic heterocycles. The number of carbonyl (C=O) groups excluding carboxylic acids is 1. The number of hydrogen-bond acceptors (Lipinski definition) is 2. The molecule has 0 aliphatic rings. The van der Waals surface area contributed by atoms with Crippen molar-refractivity contribution in [2.24, 2.45) is 0 Å². The molecule has 0 rings (SSSR count). The fourth-order valence-corrected chi connectivity index (χ4v) is 0.685. The van der Waals surface area contributed by atoms with E-state index in [0.29, 0.717) is 13.1 Å². The Morgan fingerprint density at radius 3 is 2.80 bits per heavy atom. The monoisotopic (exact) mass is 162 g/mol. The Bertz CT molecular complexity index is 102. The van der Waals surface area contributed by atoms with Crippen molar-refractivity contribution in [2.75, 3.05) is 6.61 Å². The normalized spacial score (nSPS) is 10.1. The second-order valence-corrected chi connectivity index (χ2v) is 2.08. The van der Waals surface area contributed by atoms with Gasteiger partial charge >= 0.3 is 0 Å². The molecule has 58 valence electrons. The van der Waals surface area contributed by atoms with Crippen LogP contribution in [0.5, 0.6) is 0 Å². The van der Waals surface area contributed by atoms with Crippen LogP contribution in [0, 0.1) is 0 Å². The van der Waals surface area contributed by atoms with Gasteiger partial charge in [-0.3, -0.25) is 4.79 Å². The Labute approximate surface area is 65.8 Å². The van der Waals surface area contributed by atoms with E-state index in [1.54, 1.807) is 0 Å². The molecule has 0 spiro atoms. The summed E-state index contributed by atoms with van der Waals surface area (Å²) in [7, 11) is 0. The van der Waals surface area contributed by atoms with E-state index in [1.807, 2.05) is 6.08 Å². The van der Waals surface area contributed by atoms with Crippen molar-refractivity contribution < 1.29 is 9.53 Å². The van der Waals surface area contributed by atoms with Gasteiger partial charge < -0.3 is 4.74 Å². The van der Waals surface area contributed by atoms with E-state index in [4.69, 9.17) is 11.6 Å². The van der Waals surface area contributed by atoms with Crippen molar-refractivity contribution in [1.29, 1.82) is 0 Å². The maximum absolute atomic E-state index is 9.64. The fourth-order valence-electron chi connectivity index (χ4n) is 0.559. The standard InChI is InChI=1S/C7H11ClO2/c8-5-3-1-2-4-6-10-7-9/h3,5,7H,1-2,4,6H2/b5-3+. The molecule has 0 radical (unpaired) electrons. The van der Waals surface area contributed by atoms with Crippen LogP contribution in [0.2, 0.25) is 0 Å². The highest BCUT2D eigenvalue weighted by atomic mass is 35.5. The van der Waals surface area contributed by atoms with E-state index in [2.05, 4.69) is 4.74 Å². The minimum absolute atomic E-state index is 0.470. The smallest absolute Gasteiger partial charge is 0.293 e. The summed E-state index contributed by atoms with van der Waals surface area (Å²) < 4.78 is 4.48. The third kappa shape index (κ3) is 7.50. The Hall–Kier alpha value is -0.500. The van der Waals surface area contributed by atoms with E-state index >= 15 is 0 Å². The molecule has 0 fully saturated rings. The van der Waals surface area contributed by atoms with Gasteiger partial charge in [-0.15, -0.1) is 0 Å². The quantitative estimate of drug-likeness (QED) is 0.442. The molecule has 3 heteroatoms. The summed E-state index contributed by atoms with van der Waals surface area (Å²) in [5, 5.41) is 0. The van der Waals surface area contributed by atoms with Crippen LogP contribution in [0.15, 0.2) is 11.6 Å². The Kier molecular flexibility index (Phi) is 8.07. The Morgan fingerprint density at radius 1 is 1.40 bits per heavy atom. The van der Waals surface area contributed by atoms with Gasteiger partial charge in [-0.25, -0.2) is 0 Å². The van der Waals surface area contributed by atoms with Crippen LogP contribution < -0.4 is 0 Å². The third-order valence-electron chi connectivity index (χ3n) is 1.04. The van der Waals surface area contributed by atoms with E-state index in [-0.39, 0.29) is 0 Å². The minimum Gasteiger partial charge on any atom is -0.468 e. The van der Waals surface area contributed by atoms with E-state index in [0.717, 1.165) is 19.3 Å². The number of rotatable bonds is 6. The summed E-state index contributed by atoms with van der Waals surface area (Å²) in [5.41, 5.74) is 1.50. The van der Waals surface area contributed by atoms with Crippen molar-refractivity contribution >= 4 is 18.1 Å². The molecule has 0 atom stereocenters. The predicted molar refractivity (Wildman–Crippen MR) is 40.9 cm³/mol.